The third-order valence-corrected chi connectivity index (χ3v) is 4.75. The summed E-state index contributed by atoms with van der Waals surface area (Å²) in [5, 5.41) is 0. The average molecular weight is 325 g/mol. The number of benzene rings is 1. The van der Waals surface area contributed by atoms with E-state index in [9.17, 15) is 4.79 Å². The second-order valence-corrected chi connectivity index (χ2v) is 6.05. The first-order valence-electron chi connectivity index (χ1n) is 6.82. The summed E-state index contributed by atoms with van der Waals surface area (Å²) in [4.78, 5) is 16.9. The molecule has 1 aliphatic rings. The summed E-state index contributed by atoms with van der Waals surface area (Å²) in [7, 11) is 0. The highest BCUT2D eigenvalue weighted by Gasteiger charge is 2.26. The first-order valence-corrected chi connectivity index (χ1v) is 7.61. The van der Waals surface area contributed by atoms with Crippen LogP contribution in [0.1, 0.15) is 29.8 Å². The maximum Gasteiger partial charge on any atom is 0.253 e. The molecule has 0 N–H and O–H groups in total. The summed E-state index contributed by atoms with van der Waals surface area (Å²) in [5.74, 6) is 0.151. The van der Waals surface area contributed by atoms with Gasteiger partial charge in [-0.25, -0.2) is 0 Å². The van der Waals surface area contributed by atoms with Crippen molar-refractivity contribution in [3.63, 3.8) is 0 Å². The van der Waals surface area contributed by atoms with Crippen LogP contribution in [0.15, 0.2) is 22.7 Å². The van der Waals surface area contributed by atoms with Gasteiger partial charge in [0.15, 0.2) is 0 Å². The lowest BCUT2D eigenvalue weighted by Crippen LogP contribution is -2.53. The van der Waals surface area contributed by atoms with Crippen LogP contribution in [0.4, 0.5) is 0 Å². The zero-order valence-electron chi connectivity index (χ0n) is 11.8. The highest BCUT2D eigenvalue weighted by atomic mass is 79.9. The van der Waals surface area contributed by atoms with E-state index in [2.05, 4.69) is 34.7 Å². The number of rotatable bonds is 2. The lowest BCUT2D eigenvalue weighted by atomic mass is 10.1. The van der Waals surface area contributed by atoms with Crippen molar-refractivity contribution >= 4 is 21.8 Å². The summed E-state index contributed by atoms with van der Waals surface area (Å²) in [6.45, 7) is 10.0. The van der Waals surface area contributed by atoms with E-state index in [0.29, 0.717) is 6.04 Å². The minimum Gasteiger partial charge on any atom is -0.336 e. The highest BCUT2D eigenvalue weighted by molar-refractivity contribution is 9.10. The Morgan fingerprint density at radius 2 is 2.16 bits per heavy atom. The lowest BCUT2D eigenvalue weighted by Gasteiger charge is -2.39. The van der Waals surface area contributed by atoms with Gasteiger partial charge in [0, 0.05) is 35.7 Å². The van der Waals surface area contributed by atoms with E-state index in [-0.39, 0.29) is 5.91 Å². The first kappa shape index (κ1) is 14.5. The minimum absolute atomic E-state index is 0.151. The normalized spacial score (nSPS) is 20.6. The predicted molar refractivity (Wildman–Crippen MR) is 81.5 cm³/mol. The molecule has 1 atom stereocenters. The number of aryl methyl sites for hydroxylation is 1. The summed E-state index contributed by atoms with van der Waals surface area (Å²) < 4.78 is 1.05. The minimum atomic E-state index is 0.151. The van der Waals surface area contributed by atoms with Gasteiger partial charge in [0.05, 0.1) is 0 Å². The van der Waals surface area contributed by atoms with Gasteiger partial charge in [0.2, 0.25) is 0 Å². The van der Waals surface area contributed by atoms with E-state index in [4.69, 9.17) is 0 Å². The van der Waals surface area contributed by atoms with Gasteiger partial charge in [-0.3, -0.25) is 9.69 Å². The Labute approximate surface area is 123 Å². The van der Waals surface area contributed by atoms with Gasteiger partial charge >= 0.3 is 0 Å². The van der Waals surface area contributed by atoms with E-state index in [1.165, 1.54) is 0 Å². The van der Waals surface area contributed by atoms with Crippen molar-refractivity contribution < 1.29 is 4.79 Å². The van der Waals surface area contributed by atoms with E-state index >= 15 is 0 Å². The van der Waals surface area contributed by atoms with Crippen molar-refractivity contribution in [2.75, 3.05) is 26.2 Å². The Hall–Kier alpha value is -0.870. The number of halogens is 1. The maximum atomic E-state index is 12.5. The van der Waals surface area contributed by atoms with Crippen LogP contribution in [0.25, 0.3) is 0 Å². The molecule has 1 fully saturated rings. The molecular weight excluding hydrogens is 304 g/mol. The summed E-state index contributed by atoms with van der Waals surface area (Å²) >= 11 is 3.47. The number of amides is 1. The van der Waals surface area contributed by atoms with Crippen molar-refractivity contribution in [3.05, 3.63) is 33.8 Å². The van der Waals surface area contributed by atoms with Gasteiger partial charge in [-0.2, -0.15) is 0 Å². The van der Waals surface area contributed by atoms with E-state index < -0.39 is 0 Å². The lowest BCUT2D eigenvalue weighted by molar-refractivity contribution is 0.0528. The van der Waals surface area contributed by atoms with Crippen molar-refractivity contribution in [2.24, 2.45) is 0 Å². The first-order chi connectivity index (χ1) is 9.02. The zero-order chi connectivity index (χ0) is 14.0. The van der Waals surface area contributed by atoms with E-state index in [0.717, 1.165) is 41.8 Å². The van der Waals surface area contributed by atoms with Crippen LogP contribution in [0.5, 0.6) is 0 Å². The van der Waals surface area contributed by atoms with E-state index in [1.807, 2.05) is 30.0 Å². The molecule has 0 aliphatic carbocycles. The van der Waals surface area contributed by atoms with Crippen LogP contribution in [0.2, 0.25) is 0 Å². The summed E-state index contributed by atoms with van der Waals surface area (Å²) in [5.41, 5.74) is 1.89. The fourth-order valence-electron chi connectivity index (χ4n) is 2.61. The molecular formula is C15H21BrN2O. The summed E-state index contributed by atoms with van der Waals surface area (Å²) in [6.07, 6.45) is 0. The van der Waals surface area contributed by atoms with Gasteiger partial charge < -0.3 is 4.90 Å². The molecule has 3 nitrogen and oxygen atoms in total. The Kier molecular flexibility index (Phi) is 4.63. The smallest absolute Gasteiger partial charge is 0.253 e. The fourth-order valence-corrected chi connectivity index (χ4v) is 2.86. The number of likely N-dealkylation sites (N-methyl/N-ethyl adjacent to an activating group) is 1. The van der Waals surface area contributed by atoms with Crippen LogP contribution >= 0.6 is 15.9 Å². The molecule has 0 radical (unpaired) electrons. The van der Waals surface area contributed by atoms with Gasteiger partial charge in [0.25, 0.3) is 5.91 Å². The Balaban J connectivity index is 2.10. The SMILES string of the molecule is CCN1CCN(C(=O)c2ccc(Br)c(C)c2)CC1C. The quantitative estimate of drug-likeness (QED) is 0.835. The van der Waals surface area contributed by atoms with Crippen LogP contribution < -0.4 is 0 Å². The molecule has 2 rings (SSSR count). The largest absolute Gasteiger partial charge is 0.336 e. The monoisotopic (exact) mass is 324 g/mol. The summed E-state index contributed by atoms with van der Waals surface area (Å²) in [6, 6.07) is 6.26. The molecule has 1 heterocycles. The van der Waals surface area contributed by atoms with Gasteiger partial charge in [-0.05, 0) is 44.2 Å². The van der Waals surface area contributed by atoms with Crippen LogP contribution in [0.3, 0.4) is 0 Å². The van der Waals surface area contributed by atoms with Gasteiger partial charge in [0.1, 0.15) is 0 Å². The Morgan fingerprint density at radius 3 is 2.74 bits per heavy atom. The standard InChI is InChI=1S/C15H21BrN2O/c1-4-17-7-8-18(10-12(17)3)15(19)13-5-6-14(16)11(2)9-13/h5-6,9,12H,4,7-8,10H2,1-3H3. The molecule has 0 spiro atoms. The second-order valence-electron chi connectivity index (χ2n) is 5.19. The molecule has 1 saturated heterocycles. The number of hydrogen-bond acceptors (Lipinski definition) is 2. The number of carbonyl (C=O) groups is 1. The highest BCUT2D eigenvalue weighted by Crippen LogP contribution is 2.19. The third kappa shape index (κ3) is 3.18. The van der Waals surface area contributed by atoms with Crippen molar-refractivity contribution in [1.29, 1.82) is 0 Å². The van der Waals surface area contributed by atoms with Crippen molar-refractivity contribution in [1.82, 2.24) is 9.80 Å². The molecule has 1 aliphatic heterocycles. The molecule has 1 unspecified atom stereocenters. The maximum absolute atomic E-state index is 12.5. The van der Waals surface area contributed by atoms with Gasteiger partial charge in [-0.1, -0.05) is 22.9 Å². The van der Waals surface area contributed by atoms with Crippen LogP contribution in [-0.4, -0.2) is 47.9 Å². The molecule has 4 heteroatoms. The number of piperazine rings is 1. The van der Waals surface area contributed by atoms with Gasteiger partial charge in [-0.15, -0.1) is 0 Å². The molecule has 1 aromatic rings. The molecule has 0 bridgehead atoms. The molecule has 19 heavy (non-hydrogen) atoms. The molecule has 0 aromatic heterocycles. The van der Waals surface area contributed by atoms with Crippen molar-refractivity contribution in [2.45, 2.75) is 26.8 Å². The molecule has 1 aromatic carbocycles. The van der Waals surface area contributed by atoms with Crippen LogP contribution in [0, 0.1) is 6.92 Å². The van der Waals surface area contributed by atoms with E-state index in [1.54, 1.807) is 0 Å². The fraction of sp³-hybridized carbons (Fsp3) is 0.533. The number of nitrogens with zero attached hydrogens (tertiary/aromatic N) is 2. The number of carbonyl (C=O) groups excluding carboxylic acids is 1. The Morgan fingerprint density at radius 1 is 1.42 bits per heavy atom. The zero-order valence-corrected chi connectivity index (χ0v) is 13.4. The molecule has 104 valence electrons. The third-order valence-electron chi connectivity index (χ3n) is 3.86. The second kappa shape index (κ2) is 6.06. The average Bonchev–Trinajstić information content (AvgIpc) is 2.41. The van der Waals surface area contributed by atoms with Crippen LogP contribution in [-0.2, 0) is 0 Å². The molecule has 0 saturated carbocycles. The molecule has 1 amide bonds. The predicted octanol–water partition coefficient (Wildman–Crippen LogP) is 2.92. The number of hydrogen-bond donors (Lipinski definition) is 0. The van der Waals surface area contributed by atoms with Crippen molar-refractivity contribution in [3.8, 4) is 0 Å². The Bertz CT molecular complexity index is 475. The topological polar surface area (TPSA) is 23.6 Å².